The van der Waals surface area contributed by atoms with Gasteiger partial charge >= 0.3 is 0 Å². The number of nitrogens with one attached hydrogen (secondary N) is 3. The summed E-state index contributed by atoms with van der Waals surface area (Å²) in [4.78, 5) is 23.0. The van der Waals surface area contributed by atoms with Crippen molar-refractivity contribution in [3.05, 3.63) is 52.3 Å². The number of hydrogen-bond donors (Lipinski definition) is 3. The van der Waals surface area contributed by atoms with Crippen LogP contribution in [-0.4, -0.2) is 76.9 Å². The molecule has 1 aliphatic carbocycles. The number of aryl methyl sites for hydroxylation is 4. The van der Waals surface area contributed by atoms with E-state index in [4.69, 9.17) is 4.98 Å². The van der Waals surface area contributed by atoms with E-state index >= 15 is 0 Å². The van der Waals surface area contributed by atoms with Crippen molar-refractivity contribution in [2.24, 2.45) is 7.05 Å². The van der Waals surface area contributed by atoms with E-state index in [-0.39, 0.29) is 17.7 Å². The number of piperidine rings is 1. The van der Waals surface area contributed by atoms with E-state index in [0.29, 0.717) is 57.0 Å². The Labute approximate surface area is 248 Å². The van der Waals surface area contributed by atoms with Crippen molar-refractivity contribution < 1.29 is 13.2 Å². The second-order valence-electron chi connectivity index (χ2n) is 11.1. The van der Waals surface area contributed by atoms with Crippen LogP contribution in [0.5, 0.6) is 0 Å². The van der Waals surface area contributed by atoms with Gasteiger partial charge in [-0.3, -0.25) is 9.48 Å². The summed E-state index contributed by atoms with van der Waals surface area (Å²) in [6.07, 6.45) is 6.90. The fourth-order valence-electron chi connectivity index (χ4n) is 6.00. The summed E-state index contributed by atoms with van der Waals surface area (Å²) >= 11 is 0. The molecule has 0 bridgehead atoms. The van der Waals surface area contributed by atoms with Crippen molar-refractivity contribution in [1.82, 2.24) is 29.4 Å². The lowest BCUT2D eigenvalue weighted by Gasteiger charge is -2.31. The molecule has 42 heavy (non-hydrogen) atoms. The average Bonchev–Trinajstić information content (AvgIpc) is 3.34. The van der Waals surface area contributed by atoms with E-state index in [1.165, 1.54) is 0 Å². The van der Waals surface area contributed by atoms with Crippen LogP contribution in [0.2, 0.25) is 0 Å². The van der Waals surface area contributed by atoms with Crippen LogP contribution in [-0.2, 0) is 42.8 Å². The molecule has 0 radical (unpaired) electrons. The highest BCUT2D eigenvalue weighted by Crippen LogP contribution is 2.35. The molecule has 0 atom stereocenters. The van der Waals surface area contributed by atoms with Crippen LogP contribution in [0.15, 0.2) is 24.4 Å². The Morgan fingerprint density at radius 2 is 1.81 bits per heavy atom. The number of carbonyl (C=O) groups is 1. The maximum atomic E-state index is 13.6. The van der Waals surface area contributed by atoms with Gasteiger partial charge in [-0.25, -0.2) is 22.7 Å². The third-order valence-electron chi connectivity index (χ3n) is 8.34. The molecule has 226 valence electrons. The molecule has 3 N–H and O–H groups in total. The number of para-hydroxylation sites is 1. The summed E-state index contributed by atoms with van der Waals surface area (Å²) in [5.41, 5.74) is 7.09. The van der Waals surface area contributed by atoms with Crippen molar-refractivity contribution in [2.75, 3.05) is 43.1 Å². The van der Waals surface area contributed by atoms with Crippen molar-refractivity contribution in [3.63, 3.8) is 0 Å². The maximum Gasteiger partial charge on any atom is 0.276 e. The summed E-state index contributed by atoms with van der Waals surface area (Å²) in [6.45, 7) is 5.83. The molecule has 1 saturated heterocycles. The highest BCUT2D eigenvalue weighted by atomic mass is 32.2. The second kappa shape index (κ2) is 12.9. The van der Waals surface area contributed by atoms with Crippen LogP contribution in [0.3, 0.4) is 0 Å². The van der Waals surface area contributed by atoms with Crippen LogP contribution in [0, 0.1) is 0 Å². The van der Waals surface area contributed by atoms with Crippen molar-refractivity contribution in [2.45, 2.75) is 64.8 Å². The maximum absolute atomic E-state index is 13.6. The van der Waals surface area contributed by atoms with Gasteiger partial charge in [0.25, 0.3) is 5.91 Å². The number of nitrogens with zero attached hydrogens (tertiary/aromatic N) is 5. The fourth-order valence-corrected chi connectivity index (χ4v) is 7.54. The minimum Gasteiger partial charge on any atom is -0.351 e. The van der Waals surface area contributed by atoms with E-state index in [9.17, 15) is 13.2 Å². The molecule has 3 heterocycles. The Morgan fingerprint density at radius 3 is 2.48 bits per heavy atom. The SMILES string of the molecule is CCc1cccc(CC)c1NC(=O)c1nn(C)c2c1CCc1cnc(NC3CCN(S(=O)(=O)CCCNC)CC3)nc1-2. The molecule has 2 aromatic heterocycles. The average molecular weight is 595 g/mol. The Hall–Kier alpha value is -3.35. The van der Waals surface area contributed by atoms with Gasteiger partial charge in [-0.15, -0.1) is 0 Å². The quantitative estimate of drug-likeness (QED) is 0.288. The van der Waals surface area contributed by atoms with Gasteiger partial charge in [-0.2, -0.15) is 5.10 Å². The van der Waals surface area contributed by atoms with E-state index in [1.807, 2.05) is 26.4 Å². The fraction of sp³-hybridized carbons (Fsp3) is 0.533. The smallest absolute Gasteiger partial charge is 0.276 e. The van der Waals surface area contributed by atoms with Crippen molar-refractivity contribution in [3.8, 4) is 11.4 Å². The Kier molecular flexibility index (Phi) is 9.24. The normalized spacial score (nSPS) is 15.7. The molecular weight excluding hydrogens is 552 g/mol. The van der Waals surface area contributed by atoms with Crippen molar-refractivity contribution >= 4 is 27.6 Å². The predicted molar refractivity (Wildman–Crippen MR) is 165 cm³/mol. The summed E-state index contributed by atoms with van der Waals surface area (Å²) in [6, 6.07) is 6.22. The second-order valence-corrected chi connectivity index (χ2v) is 13.2. The van der Waals surface area contributed by atoms with Crippen LogP contribution in [0.1, 0.15) is 65.9 Å². The van der Waals surface area contributed by atoms with Gasteiger partial charge in [0.15, 0.2) is 5.69 Å². The third-order valence-corrected chi connectivity index (χ3v) is 10.3. The first-order valence-electron chi connectivity index (χ1n) is 15.0. The van der Waals surface area contributed by atoms with Gasteiger partial charge in [0.2, 0.25) is 16.0 Å². The lowest BCUT2D eigenvalue weighted by Crippen LogP contribution is -2.43. The summed E-state index contributed by atoms with van der Waals surface area (Å²) < 4.78 is 28.7. The topological polar surface area (TPSA) is 134 Å². The first-order valence-corrected chi connectivity index (χ1v) is 16.6. The van der Waals surface area contributed by atoms with Gasteiger partial charge in [-0.1, -0.05) is 32.0 Å². The molecule has 5 rings (SSSR count). The van der Waals surface area contributed by atoms with Crippen LogP contribution in [0.25, 0.3) is 11.4 Å². The molecule has 1 aromatic carbocycles. The third kappa shape index (κ3) is 6.20. The first kappa shape index (κ1) is 30.1. The molecule has 11 nitrogen and oxygen atoms in total. The molecule has 2 aliphatic rings. The van der Waals surface area contributed by atoms with Crippen LogP contribution < -0.4 is 16.0 Å². The molecule has 0 spiro atoms. The van der Waals surface area contributed by atoms with Gasteiger partial charge in [0.1, 0.15) is 0 Å². The number of anilines is 2. The van der Waals surface area contributed by atoms with Gasteiger partial charge in [-0.05, 0) is 75.2 Å². The van der Waals surface area contributed by atoms with Gasteiger partial charge < -0.3 is 16.0 Å². The summed E-state index contributed by atoms with van der Waals surface area (Å²) in [7, 11) is 0.435. The van der Waals surface area contributed by atoms with E-state index in [2.05, 4.69) is 52.0 Å². The summed E-state index contributed by atoms with van der Waals surface area (Å²) in [5, 5.41) is 14.3. The lowest BCUT2D eigenvalue weighted by molar-refractivity contribution is 0.102. The zero-order chi connectivity index (χ0) is 29.9. The molecule has 1 fully saturated rings. The van der Waals surface area contributed by atoms with Gasteiger partial charge in [0.05, 0.1) is 17.1 Å². The minimum atomic E-state index is -3.24. The molecule has 0 saturated carbocycles. The Bertz CT molecular complexity index is 1520. The lowest BCUT2D eigenvalue weighted by atomic mass is 9.93. The zero-order valence-electron chi connectivity index (χ0n) is 25.0. The number of amides is 1. The minimum absolute atomic E-state index is 0.0779. The molecule has 0 unspecified atom stereocenters. The van der Waals surface area contributed by atoms with Gasteiger partial charge in [0, 0.05) is 43.6 Å². The number of aromatic nitrogens is 4. The Balaban J connectivity index is 1.31. The first-order chi connectivity index (χ1) is 20.2. The molecule has 12 heteroatoms. The Morgan fingerprint density at radius 1 is 1.10 bits per heavy atom. The number of benzene rings is 1. The summed E-state index contributed by atoms with van der Waals surface area (Å²) in [5.74, 6) is 0.470. The number of hydrogen-bond acceptors (Lipinski definition) is 8. The van der Waals surface area contributed by atoms with E-state index in [1.54, 1.807) is 8.99 Å². The number of fused-ring (bicyclic) bond motifs is 3. The van der Waals surface area contributed by atoms with Crippen LogP contribution in [0.4, 0.5) is 11.6 Å². The molecule has 3 aromatic rings. The van der Waals surface area contributed by atoms with E-state index in [0.717, 1.165) is 58.6 Å². The number of sulfonamides is 1. The standard InChI is InChI=1S/C30H42N8O3S/c1-5-20-9-7-10-21(6-2)25(20)34-29(39)27-24-12-11-22-19-32-30(35-26(22)28(24)37(4)36-27)33-23-13-16-38(17-14-23)42(40,41)18-8-15-31-3/h7,9-10,19,23,31H,5-6,8,11-18H2,1-4H3,(H,34,39)(H,32,33,35). The number of carbonyl (C=O) groups excluding carboxylic acids is 1. The molecule has 1 aliphatic heterocycles. The zero-order valence-corrected chi connectivity index (χ0v) is 25.9. The van der Waals surface area contributed by atoms with Crippen LogP contribution >= 0.6 is 0 Å². The van der Waals surface area contributed by atoms with Crippen molar-refractivity contribution in [1.29, 1.82) is 0 Å². The highest BCUT2D eigenvalue weighted by Gasteiger charge is 2.31. The molecular formula is C30H42N8O3S. The highest BCUT2D eigenvalue weighted by molar-refractivity contribution is 7.89. The number of rotatable bonds is 11. The monoisotopic (exact) mass is 594 g/mol. The predicted octanol–water partition coefficient (Wildman–Crippen LogP) is 3.17. The largest absolute Gasteiger partial charge is 0.351 e. The van der Waals surface area contributed by atoms with E-state index < -0.39 is 10.0 Å². The molecule has 1 amide bonds.